The van der Waals surface area contributed by atoms with Crippen molar-refractivity contribution >= 4 is 11.8 Å². The predicted molar refractivity (Wildman–Crippen MR) is 71.5 cm³/mol. The molecule has 1 aliphatic heterocycles. The Bertz CT molecular complexity index is 414. The summed E-state index contributed by atoms with van der Waals surface area (Å²) in [4.78, 5) is 26.1. The highest BCUT2D eigenvalue weighted by Crippen LogP contribution is 2.20. The summed E-state index contributed by atoms with van der Waals surface area (Å²) >= 11 is 0. The zero-order valence-corrected chi connectivity index (χ0v) is 11.8. The largest absolute Gasteiger partial charge is 0.377 e. The van der Waals surface area contributed by atoms with Crippen LogP contribution in [0.4, 0.5) is 0 Å². The fourth-order valence-electron chi connectivity index (χ4n) is 2.34. The molecule has 1 heterocycles. The van der Waals surface area contributed by atoms with Gasteiger partial charge in [0.05, 0.1) is 19.3 Å². The van der Waals surface area contributed by atoms with Gasteiger partial charge in [0.25, 0.3) is 0 Å². The lowest BCUT2D eigenvalue weighted by Crippen LogP contribution is -2.57. The van der Waals surface area contributed by atoms with Gasteiger partial charge >= 0.3 is 0 Å². The third-order valence-electron chi connectivity index (χ3n) is 3.67. The van der Waals surface area contributed by atoms with Crippen LogP contribution in [0.2, 0.25) is 0 Å². The lowest BCUT2D eigenvalue weighted by Gasteiger charge is -2.35. The first-order chi connectivity index (χ1) is 9.67. The van der Waals surface area contributed by atoms with E-state index in [4.69, 9.17) is 10.00 Å². The van der Waals surface area contributed by atoms with E-state index in [2.05, 4.69) is 5.32 Å². The molecular weight excluding hydrogens is 258 g/mol. The molecule has 20 heavy (non-hydrogen) atoms. The zero-order chi connectivity index (χ0) is 14.5. The summed E-state index contributed by atoms with van der Waals surface area (Å²) < 4.78 is 5.32. The molecule has 0 bridgehead atoms. The van der Waals surface area contributed by atoms with Crippen LogP contribution in [0.5, 0.6) is 0 Å². The SMILES string of the molecule is CCCC(C#N)C(=O)N1CCOCC1C(=O)NC1CC1. The van der Waals surface area contributed by atoms with E-state index >= 15 is 0 Å². The molecule has 0 aromatic rings. The normalized spacial score (nSPS) is 23.8. The van der Waals surface area contributed by atoms with Crippen molar-refractivity contribution in [2.75, 3.05) is 19.8 Å². The Kier molecular flexibility index (Phi) is 4.96. The number of rotatable bonds is 5. The molecular formula is C14H21N3O3. The summed E-state index contributed by atoms with van der Waals surface area (Å²) in [5, 5.41) is 12.0. The highest BCUT2D eigenvalue weighted by Gasteiger charge is 2.37. The van der Waals surface area contributed by atoms with Gasteiger partial charge in [0.15, 0.2) is 0 Å². The van der Waals surface area contributed by atoms with E-state index in [0.717, 1.165) is 19.3 Å². The van der Waals surface area contributed by atoms with Gasteiger partial charge < -0.3 is 15.0 Å². The number of amides is 2. The Morgan fingerprint density at radius 1 is 1.50 bits per heavy atom. The summed E-state index contributed by atoms with van der Waals surface area (Å²) in [7, 11) is 0. The first-order valence-electron chi connectivity index (χ1n) is 7.25. The summed E-state index contributed by atoms with van der Waals surface area (Å²) in [5.74, 6) is -1.06. The number of nitrogens with one attached hydrogen (secondary N) is 1. The molecule has 6 nitrogen and oxygen atoms in total. The smallest absolute Gasteiger partial charge is 0.245 e. The van der Waals surface area contributed by atoms with Crippen LogP contribution in [-0.2, 0) is 14.3 Å². The van der Waals surface area contributed by atoms with Crippen LogP contribution in [0.3, 0.4) is 0 Å². The van der Waals surface area contributed by atoms with Crippen LogP contribution in [0.1, 0.15) is 32.6 Å². The highest BCUT2D eigenvalue weighted by molar-refractivity contribution is 5.90. The van der Waals surface area contributed by atoms with E-state index < -0.39 is 12.0 Å². The predicted octanol–water partition coefficient (Wildman–Crippen LogP) is 0.432. The monoisotopic (exact) mass is 279 g/mol. The van der Waals surface area contributed by atoms with Gasteiger partial charge in [-0.1, -0.05) is 13.3 Å². The van der Waals surface area contributed by atoms with Gasteiger partial charge in [0, 0.05) is 12.6 Å². The van der Waals surface area contributed by atoms with E-state index in [0.29, 0.717) is 19.6 Å². The van der Waals surface area contributed by atoms with Crippen LogP contribution >= 0.6 is 0 Å². The van der Waals surface area contributed by atoms with E-state index in [1.165, 1.54) is 4.90 Å². The van der Waals surface area contributed by atoms with Crippen LogP contribution in [-0.4, -0.2) is 48.6 Å². The van der Waals surface area contributed by atoms with Crippen molar-refractivity contribution < 1.29 is 14.3 Å². The van der Waals surface area contributed by atoms with Crippen molar-refractivity contribution in [3.05, 3.63) is 0 Å². The molecule has 0 radical (unpaired) electrons. The number of nitrogens with zero attached hydrogens (tertiary/aromatic N) is 2. The minimum atomic E-state index is -0.658. The standard InChI is InChI=1S/C14H21N3O3/c1-2-3-10(8-15)14(19)17-6-7-20-9-12(17)13(18)16-11-4-5-11/h10-12H,2-7,9H2,1H3,(H,16,18). The topological polar surface area (TPSA) is 82.4 Å². The molecule has 0 aromatic carbocycles. The summed E-state index contributed by atoms with van der Waals surface area (Å²) in [6.07, 6.45) is 3.31. The quantitative estimate of drug-likeness (QED) is 0.791. The Hall–Kier alpha value is -1.61. The summed E-state index contributed by atoms with van der Waals surface area (Å²) in [6.45, 7) is 2.95. The fourth-order valence-corrected chi connectivity index (χ4v) is 2.34. The second kappa shape index (κ2) is 6.71. The maximum absolute atomic E-state index is 12.4. The molecule has 1 saturated heterocycles. The Labute approximate surface area is 119 Å². The fraction of sp³-hybridized carbons (Fsp3) is 0.786. The van der Waals surface area contributed by atoms with Gasteiger partial charge in [-0.2, -0.15) is 5.26 Å². The van der Waals surface area contributed by atoms with Crippen LogP contribution < -0.4 is 5.32 Å². The van der Waals surface area contributed by atoms with Crippen LogP contribution in [0.15, 0.2) is 0 Å². The molecule has 1 aliphatic carbocycles. The van der Waals surface area contributed by atoms with E-state index in [1.54, 1.807) is 0 Å². The average molecular weight is 279 g/mol. The number of carbonyl (C=O) groups is 2. The van der Waals surface area contributed by atoms with Crippen molar-refractivity contribution in [2.24, 2.45) is 5.92 Å². The lowest BCUT2D eigenvalue weighted by molar-refractivity contribution is -0.150. The number of hydrogen-bond acceptors (Lipinski definition) is 4. The molecule has 2 amide bonds. The average Bonchev–Trinajstić information content (AvgIpc) is 3.28. The molecule has 1 N–H and O–H groups in total. The van der Waals surface area contributed by atoms with Crippen LogP contribution in [0, 0.1) is 17.2 Å². The van der Waals surface area contributed by atoms with E-state index in [-0.39, 0.29) is 24.5 Å². The molecule has 110 valence electrons. The van der Waals surface area contributed by atoms with Gasteiger partial charge in [-0.05, 0) is 19.3 Å². The van der Waals surface area contributed by atoms with Gasteiger partial charge in [-0.3, -0.25) is 9.59 Å². The minimum absolute atomic E-state index is 0.159. The third-order valence-corrected chi connectivity index (χ3v) is 3.67. The van der Waals surface area contributed by atoms with Crippen molar-refractivity contribution in [3.63, 3.8) is 0 Å². The van der Waals surface area contributed by atoms with Gasteiger partial charge in [0.1, 0.15) is 12.0 Å². The number of hydrogen-bond donors (Lipinski definition) is 1. The number of ether oxygens (including phenoxy) is 1. The number of morpholine rings is 1. The molecule has 2 fully saturated rings. The van der Waals surface area contributed by atoms with Crippen molar-refractivity contribution in [2.45, 2.75) is 44.7 Å². The first-order valence-corrected chi connectivity index (χ1v) is 7.25. The first kappa shape index (κ1) is 14.8. The van der Waals surface area contributed by atoms with Gasteiger partial charge in [-0.15, -0.1) is 0 Å². The van der Waals surface area contributed by atoms with Gasteiger partial charge in [0.2, 0.25) is 11.8 Å². The lowest BCUT2D eigenvalue weighted by atomic mass is 10.0. The zero-order valence-electron chi connectivity index (χ0n) is 11.8. The third kappa shape index (κ3) is 3.48. The molecule has 2 aliphatic rings. The van der Waals surface area contributed by atoms with E-state index in [1.807, 2.05) is 13.0 Å². The minimum Gasteiger partial charge on any atom is -0.377 e. The maximum atomic E-state index is 12.4. The molecule has 2 unspecified atom stereocenters. The number of carbonyl (C=O) groups excluding carboxylic acids is 2. The van der Waals surface area contributed by atoms with Crippen molar-refractivity contribution in [1.29, 1.82) is 5.26 Å². The molecule has 0 aromatic heterocycles. The second-order valence-electron chi connectivity index (χ2n) is 5.38. The molecule has 2 atom stereocenters. The number of nitriles is 1. The maximum Gasteiger partial charge on any atom is 0.245 e. The molecule has 6 heteroatoms. The molecule has 0 spiro atoms. The second-order valence-corrected chi connectivity index (χ2v) is 5.38. The Morgan fingerprint density at radius 3 is 2.85 bits per heavy atom. The van der Waals surface area contributed by atoms with E-state index in [9.17, 15) is 9.59 Å². The van der Waals surface area contributed by atoms with Crippen LogP contribution in [0.25, 0.3) is 0 Å². The highest BCUT2D eigenvalue weighted by atomic mass is 16.5. The Balaban J connectivity index is 2.03. The Morgan fingerprint density at radius 2 is 2.25 bits per heavy atom. The van der Waals surface area contributed by atoms with Crippen molar-refractivity contribution in [3.8, 4) is 6.07 Å². The van der Waals surface area contributed by atoms with Gasteiger partial charge in [-0.25, -0.2) is 0 Å². The summed E-state index contributed by atoms with van der Waals surface area (Å²) in [5.41, 5.74) is 0. The molecule has 2 rings (SSSR count). The van der Waals surface area contributed by atoms with Crippen molar-refractivity contribution in [1.82, 2.24) is 10.2 Å². The molecule has 1 saturated carbocycles. The summed E-state index contributed by atoms with van der Waals surface area (Å²) in [6, 6.07) is 1.71.